The Labute approximate surface area is 230 Å². The average molecular weight is 548 g/mol. The zero-order valence-electron chi connectivity index (χ0n) is 21.6. The molecule has 0 spiro atoms. The molecule has 0 radical (unpaired) electrons. The van der Waals surface area contributed by atoms with Gasteiger partial charge in [0.2, 0.25) is 0 Å². The molecule has 0 bridgehead atoms. The first-order chi connectivity index (χ1) is 19.2. The molecule has 0 saturated carbocycles. The summed E-state index contributed by atoms with van der Waals surface area (Å²) in [5.74, 6) is -1.43. The predicted molar refractivity (Wildman–Crippen MR) is 146 cm³/mol. The number of carboxylic acids is 1. The van der Waals surface area contributed by atoms with E-state index in [-0.39, 0.29) is 32.5 Å². The molecule has 0 amide bonds. The largest absolute Gasteiger partial charge is 0.481 e. The Morgan fingerprint density at radius 3 is 2.12 bits per heavy atom. The van der Waals surface area contributed by atoms with Gasteiger partial charge in [0.25, 0.3) is 0 Å². The fourth-order valence-electron chi connectivity index (χ4n) is 4.37. The van der Waals surface area contributed by atoms with Crippen LogP contribution in [0.2, 0.25) is 0 Å². The van der Waals surface area contributed by atoms with Crippen LogP contribution in [0.25, 0.3) is 22.3 Å². The third-order valence-corrected chi connectivity index (χ3v) is 6.31. The second kappa shape index (κ2) is 13.1. The molecule has 206 valence electrons. The lowest BCUT2D eigenvalue weighted by Gasteiger charge is -2.18. The minimum atomic E-state index is -4.54. The molecular formula is C32H28F3NO4. The van der Waals surface area contributed by atoms with Crippen LogP contribution in [-0.2, 0) is 40.1 Å². The van der Waals surface area contributed by atoms with Crippen LogP contribution in [0.15, 0.2) is 97.1 Å². The lowest BCUT2D eigenvalue weighted by atomic mass is 9.89. The van der Waals surface area contributed by atoms with Crippen molar-refractivity contribution in [1.29, 1.82) is 0 Å². The number of esters is 1. The molecule has 4 aromatic rings. The second-order valence-electron chi connectivity index (χ2n) is 9.26. The smallest absolute Gasteiger partial charge is 0.416 e. The van der Waals surface area contributed by atoms with Crippen molar-refractivity contribution in [2.75, 3.05) is 6.54 Å². The summed E-state index contributed by atoms with van der Waals surface area (Å²) in [5, 5.41) is 12.4. The Hall–Kier alpha value is -4.43. The van der Waals surface area contributed by atoms with Gasteiger partial charge in [0, 0.05) is 13.1 Å². The third kappa shape index (κ3) is 7.80. The molecule has 40 heavy (non-hydrogen) atoms. The first-order valence-corrected chi connectivity index (χ1v) is 12.7. The Balaban J connectivity index is 1.58. The van der Waals surface area contributed by atoms with E-state index in [1.165, 1.54) is 6.07 Å². The third-order valence-electron chi connectivity index (χ3n) is 6.31. The number of carboxylic acid groups (broad SMARTS) is 1. The van der Waals surface area contributed by atoms with E-state index in [0.717, 1.165) is 28.8 Å². The van der Waals surface area contributed by atoms with Gasteiger partial charge in [-0.2, -0.15) is 13.2 Å². The van der Waals surface area contributed by atoms with Crippen LogP contribution < -0.4 is 5.32 Å². The Bertz CT molecular complexity index is 1450. The first kappa shape index (κ1) is 28.6. The average Bonchev–Trinajstić information content (AvgIpc) is 2.94. The van der Waals surface area contributed by atoms with Gasteiger partial charge in [-0.05, 0) is 57.1 Å². The van der Waals surface area contributed by atoms with Gasteiger partial charge in [-0.3, -0.25) is 9.59 Å². The summed E-state index contributed by atoms with van der Waals surface area (Å²) < 4.78 is 46.1. The van der Waals surface area contributed by atoms with Crippen molar-refractivity contribution in [2.24, 2.45) is 0 Å². The van der Waals surface area contributed by atoms with E-state index in [0.29, 0.717) is 22.3 Å². The fraction of sp³-hybridized carbons (Fsp3) is 0.188. The van der Waals surface area contributed by atoms with E-state index in [1.54, 1.807) is 18.2 Å². The maximum absolute atomic E-state index is 13.6. The first-order valence-electron chi connectivity index (χ1n) is 12.7. The normalized spacial score (nSPS) is 11.3. The maximum atomic E-state index is 13.6. The minimum Gasteiger partial charge on any atom is -0.481 e. The zero-order chi connectivity index (χ0) is 28.5. The molecule has 0 aromatic heterocycles. The highest BCUT2D eigenvalue weighted by Crippen LogP contribution is 2.38. The lowest BCUT2D eigenvalue weighted by molar-refractivity contribution is -0.145. The van der Waals surface area contributed by atoms with Crippen LogP contribution in [0.3, 0.4) is 0 Å². The van der Waals surface area contributed by atoms with Crippen LogP contribution in [0, 0.1) is 0 Å². The van der Waals surface area contributed by atoms with Crippen molar-refractivity contribution in [3.8, 4) is 22.3 Å². The highest BCUT2D eigenvalue weighted by Gasteiger charge is 2.31. The van der Waals surface area contributed by atoms with E-state index in [4.69, 9.17) is 4.74 Å². The predicted octanol–water partition coefficient (Wildman–Crippen LogP) is 6.89. The monoisotopic (exact) mass is 547 g/mol. The van der Waals surface area contributed by atoms with E-state index in [9.17, 15) is 27.9 Å². The van der Waals surface area contributed by atoms with Gasteiger partial charge in [0.15, 0.2) is 0 Å². The topological polar surface area (TPSA) is 75.6 Å². The van der Waals surface area contributed by atoms with Crippen molar-refractivity contribution >= 4 is 11.9 Å². The van der Waals surface area contributed by atoms with Crippen molar-refractivity contribution in [3.05, 3.63) is 119 Å². The number of carbonyl (C=O) groups is 2. The molecule has 0 saturated heterocycles. The molecule has 4 rings (SSSR count). The van der Waals surface area contributed by atoms with Crippen LogP contribution in [0.1, 0.15) is 28.7 Å². The highest BCUT2D eigenvalue weighted by atomic mass is 19.4. The van der Waals surface area contributed by atoms with Gasteiger partial charge in [0.1, 0.15) is 6.61 Å². The molecule has 8 heteroatoms. The molecule has 0 aliphatic carbocycles. The van der Waals surface area contributed by atoms with Crippen LogP contribution >= 0.6 is 0 Å². The molecule has 0 unspecified atom stereocenters. The lowest BCUT2D eigenvalue weighted by Crippen LogP contribution is -2.20. The van der Waals surface area contributed by atoms with Gasteiger partial charge in [-0.15, -0.1) is 0 Å². The van der Waals surface area contributed by atoms with Gasteiger partial charge in [0.05, 0.1) is 18.4 Å². The van der Waals surface area contributed by atoms with E-state index in [1.807, 2.05) is 60.7 Å². The SMILES string of the molecule is O=C(O)Cc1ccc(-c2ccccc2)c(-c2ccc(C(F)(F)F)cc2CNCCC(=O)OCc2ccccc2)c1. The Kier molecular flexibility index (Phi) is 9.35. The number of carbonyl (C=O) groups excluding carboxylic acids is 1. The van der Waals surface area contributed by atoms with Crippen LogP contribution in [0.4, 0.5) is 13.2 Å². The molecule has 0 aliphatic rings. The van der Waals surface area contributed by atoms with Crippen molar-refractivity contribution in [2.45, 2.75) is 32.2 Å². The summed E-state index contributed by atoms with van der Waals surface area (Å²) in [5.41, 5.74) is 3.74. The number of alkyl halides is 3. The highest BCUT2D eigenvalue weighted by molar-refractivity contribution is 5.86. The summed E-state index contributed by atoms with van der Waals surface area (Å²) >= 11 is 0. The number of rotatable bonds is 11. The molecule has 2 N–H and O–H groups in total. The molecule has 0 atom stereocenters. The second-order valence-corrected chi connectivity index (χ2v) is 9.26. The standard InChI is InChI=1S/C32H28F3NO4/c33-32(34,35)26-12-14-28(25(19-26)20-36-16-15-31(39)40-21-22-7-3-1-4-8-22)29-17-23(18-30(37)38)11-13-27(29)24-9-5-2-6-10-24/h1-14,17,19,36H,15-16,18,20-21H2,(H,37,38). The molecule has 5 nitrogen and oxygen atoms in total. The Morgan fingerprint density at radius 2 is 1.45 bits per heavy atom. The number of halogens is 3. The van der Waals surface area contributed by atoms with Gasteiger partial charge >= 0.3 is 18.1 Å². The van der Waals surface area contributed by atoms with E-state index < -0.39 is 23.7 Å². The van der Waals surface area contributed by atoms with Gasteiger partial charge in [-0.25, -0.2) is 0 Å². The van der Waals surface area contributed by atoms with Gasteiger partial charge < -0.3 is 15.2 Å². The zero-order valence-corrected chi connectivity index (χ0v) is 21.6. The molecule has 0 fully saturated rings. The Morgan fingerprint density at radius 1 is 0.775 bits per heavy atom. The van der Waals surface area contributed by atoms with E-state index >= 15 is 0 Å². The summed E-state index contributed by atoms with van der Waals surface area (Å²) in [7, 11) is 0. The van der Waals surface area contributed by atoms with Crippen molar-refractivity contribution in [3.63, 3.8) is 0 Å². The number of hydrogen-bond donors (Lipinski definition) is 2. The van der Waals surface area contributed by atoms with E-state index in [2.05, 4.69) is 5.32 Å². The molecule has 0 heterocycles. The number of ether oxygens (including phenoxy) is 1. The molecule has 4 aromatic carbocycles. The van der Waals surface area contributed by atoms with Crippen molar-refractivity contribution in [1.82, 2.24) is 5.32 Å². The minimum absolute atomic E-state index is 0.0461. The quantitative estimate of drug-likeness (QED) is 0.158. The van der Waals surface area contributed by atoms with Crippen LogP contribution in [0.5, 0.6) is 0 Å². The fourth-order valence-corrected chi connectivity index (χ4v) is 4.37. The summed E-state index contributed by atoms with van der Waals surface area (Å²) in [6, 6.07) is 27.3. The number of hydrogen-bond acceptors (Lipinski definition) is 4. The van der Waals surface area contributed by atoms with Crippen molar-refractivity contribution < 1.29 is 32.6 Å². The molecular weight excluding hydrogens is 519 g/mol. The number of aliphatic carboxylic acids is 1. The molecule has 0 aliphatic heterocycles. The number of benzene rings is 4. The summed E-state index contributed by atoms with van der Waals surface area (Å²) in [6.45, 7) is 0.406. The summed E-state index contributed by atoms with van der Waals surface area (Å²) in [6.07, 6.45) is -4.71. The van der Waals surface area contributed by atoms with Crippen LogP contribution in [-0.4, -0.2) is 23.6 Å². The van der Waals surface area contributed by atoms with Gasteiger partial charge in [-0.1, -0.05) is 78.9 Å². The summed E-state index contributed by atoms with van der Waals surface area (Å²) in [4.78, 5) is 23.5. The number of nitrogens with one attached hydrogen (secondary N) is 1. The maximum Gasteiger partial charge on any atom is 0.416 e.